The predicted octanol–water partition coefficient (Wildman–Crippen LogP) is 2.05. The van der Waals surface area contributed by atoms with Crippen molar-refractivity contribution in [1.29, 1.82) is 0 Å². The first kappa shape index (κ1) is 17.0. The number of ether oxygens (including phenoxy) is 1. The molecule has 0 saturated heterocycles. The van der Waals surface area contributed by atoms with E-state index in [1.165, 1.54) is 0 Å². The molecule has 20 heavy (non-hydrogen) atoms. The van der Waals surface area contributed by atoms with Crippen LogP contribution in [0.25, 0.3) is 0 Å². The fraction of sp³-hybridized carbons (Fsp3) is 0.625. The number of hydrogen-bond donors (Lipinski definition) is 2. The van der Waals surface area contributed by atoms with Crippen LogP contribution in [0.2, 0.25) is 0 Å². The molecule has 2 atom stereocenters. The molecule has 0 spiro atoms. The van der Waals surface area contributed by atoms with Crippen molar-refractivity contribution in [2.75, 3.05) is 33.8 Å². The van der Waals surface area contributed by atoms with Crippen LogP contribution in [0.5, 0.6) is 5.75 Å². The van der Waals surface area contributed by atoms with E-state index in [0.717, 1.165) is 11.3 Å². The Balaban J connectivity index is 2.65. The average molecular weight is 280 g/mol. The fourth-order valence-electron chi connectivity index (χ4n) is 2.35. The van der Waals surface area contributed by atoms with Crippen molar-refractivity contribution in [1.82, 2.24) is 10.2 Å². The third-order valence-electron chi connectivity index (χ3n) is 3.13. The lowest BCUT2D eigenvalue weighted by molar-refractivity contribution is 0.0317. The molecule has 0 amide bonds. The van der Waals surface area contributed by atoms with Gasteiger partial charge >= 0.3 is 0 Å². The van der Waals surface area contributed by atoms with Gasteiger partial charge in [0.25, 0.3) is 0 Å². The van der Waals surface area contributed by atoms with Crippen LogP contribution in [0.1, 0.15) is 32.4 Å². The second-order valence-electron chi connectivity index (χ2n) is 5.81. The Morgan fingerprint density at radius 3 is 2.60 bits per heavy atom. The van der Waals surface area contributed by atoms with Gasteiger partial charge < -0.3 is 20.1 Å². The summed E-state index contributed by atoms with van der Waals surface area (Å²) in [4.78, 5) is 1.99. The van der Waals surface area contributed by atoms with Gasteiger partial charge in [0.15, 0.2) is 0 Å². The molecule has 0 aliphatic heterocycles. The summed E-state index contributed by atoms with van der Waals surface area (Å²) in [5, 5.41) is 13.7. The zero-order valence-corrected chi connectivity index (χ0v) is 13.3. The normalized spacial score (nSPS) is 15.9. The molecule has 0 aliphatic carbocycles. The van der Waals surface area contributed by atoms with E-state index >= 15 is 0 Å². The van der Waals surface area contributed by atoms with Crippen molar-refractivity contribution in [2.24, 2.45) is 0 Å². The molecule has 114 valence electrons. The monoisotopic (exact) mass is 280 g/mol. The Bertz CT molecular complexity index is 405. The number of nitrogens with one attached hydrogen (secondary N) is 1. The van der Waals surface area contributed by atoms with Gasteiger partial charge in [0.1, 0.15) is 5.75 Å². The highest BCUT2D eigenvalue weighted by Gasteiger charge is 2.22. The third kappa shape index (κ3) is 5.49. The molecule has 1 aromatic rings. The van der Waals surface area contributed by atoms with Crippen LogP contribution >= 0.6 is 0 Å². The Morgan fingerprint density at radius 2 is 2.00 bits per heavy atom. The highest BCUT2D eigenvalue weighted by Crippen LogP contribution is 2.25. The van der Waals surface area contributed by atoms with E-state index in [0.29, 0.717) is 19.7 Å². The number of aliphatic hydroxyl groups is 1. The van der Waals surface area contributed by atoms with Gasteiger partial charge in [0, 0.05) is 24.7 Å². The lowest BCUT2D eigenvalue weighted by Gasteiger charge is -2.29. The van der Waals surface area contributed by atoms with E-state index in [4.69, 9.17) is 4.74 Å². The number of hydrogen-bond acceptors (Lipinski definition) is 4. The molecule has 4 heteroatoms. The summed E-state index contributed by atoms with van der Waals surface area (Å²) in [6.45, 7) is 7.73. The number of likely N-dealkylation sites (N-methyl/N-ethyl adjacent to an activating group) is 1. The zero-order valence-electron chi connectivity index (χ0n) is 13.3. The summed E-state index contributed by atoms with van der Waals surface area (Å²) in [6.07, 6.45) is 0. The van der Waals surface area contributed by atoms with Gasteiger partial charge in [-0.05, 0) is 40.9 Å². The molecule has 0 bridgehead atoms. The average Bonchev–Trinajstić information content (AvgIpc) is 2.36. The van der Waals surface area contributed by atoms with Crippen molar-refractivity contribution in [3.8, 4) is 5.75 Å². The molecule has 4 nitrogen and oxygen atoms in total. The van der Waals surface area contributed by atoms with Crippen LogP contribution in [-0.4, -0.2) is 49.4 Å². The minimum Gasteiger partial charge on any atom is -0.494 e. The van der Waals surface area contributed by atoms with E-state index in [1.807, 2.05) is 51.0 Å². The molecule has 0 aromatic heterocycles. The zero-order chi connectivity index (χ0) is 15.2. The summed E-state index contributed by atoms with van der Waals surface area (Å²) in [5.74, 6) is 0.905. The highest BCUT2D eigenvalue weighted by atomic mass is 16.5. The predicted molar refractivity (Wildman–Crippen MR) is 83.2 cm³/mol. The van der Waals surface area contributed by atoms with E-state index in [2.05, 4.69) is 18.3 Å². The van der Waals surface area contributed by atoms with Crippen molar-refractivity contribution in [2.45, 2.75) is 32.4 Å². The minimum atomic E-state index is -0.752. The first-order chi connectivity index (χ1) is 9.35. The molecule has 1 aromatic carbocycles. The maximum Gasteiger partial charge on any atom is 0.124 e. The number of nitrogens with zero attached hydrogens (tertiary/aromatic N) is 1. The molecular weight excluding hydrogens is 252 g/mol. The first-order valence-electron chi connectivity index (χ1n) is 7.18. The molecule has 0 saturated carbocycles. The molecular formula is C16H28N2O2. The highest BCUT2D eigenvalue weighted by molar-refractivity contribution is 5.35. The van der Waals surface area contributed by atoms with Gasteiger partial charge in [0.05, 0.1) is 12.2 Å². The second kappa shape index (κ2) is 7.62. The van der Waals surface area contributed by atoms with Crippen LogP contribution in [0.15, 0.2) is 24.3 Å². The van der Waals surface area contributed by atoms with Crippen molar-refractivity contribution in [3.63, 3.8) is 0 Å². The van der Waals surface area contributed by atoms with Crippen LogP contribution in [-0.2, 0) is 0 Å². The van der Waals surface area contributed by atoms with Gasteiger partial charge in [-0.25, -0.2) is 0 Å². The molecule has 1 rings (SSSR count). The van der Waals surface area contributed by atoms with Crippen LogP contribution in [0.3, 0.4) is 0 Å². The summed E-state index contributed by atoms with van der Waals surface area (Å²) in [5.41, 5.74) is 0.369. The number of rotatable bonds is 8. The second-order valence-corrected chi connectivity index (χ2v) is 5.81. The Morgan fingerprint density at radius 1 is 1.35 bits per heavy atom. The SMILES string of the molecule is CCOc1ccccc1C(C)NCC(C)(O)CN(C)C. The largest absolute Gasteiger partial charge is 0.494 e. The minimum absolute atomic E-state index is 0.131. The Kier molecular flexibility index (Phi) is 6.46. The summed E-state index contributed by atoms with van der Waals surface area (Å²) in [6, 6.07) is 8.15. The topological polar surface area (TPSA) is 44.7 Å². The van der Waals surface area contributed by atoms with Gasteiger partial charge in [-0.2, -0.15) is 0 Å². The maximum atomic E-state index is 10.3. The fourth-order valence-corrected chi connectivity index (χ4v) is 2.35. The quantitative estimate of drug-likeness (QED) is 0.765. The summed E-state index contributed by atoms with van der Waals surface area (Å²) < 4.78 is 5.64. The maximum absolute atomic E-state index is 10.3. The molecule has 0 fully saturated rings. The van der Waals surface area contributed by atoms with E-state index in [1.54, 1.807) is 0 Å². The lowest BCUT2D eigenvalue weighted by Crippen LogP contribution is -2.46. The standard InChI is InChI=1S/C16H28N2O2/c1-6-20-15-10-8-7-9-14(15)13(2)17-11-16(3,19)12-18(4)5/h7-10,13,17,19H,6,11-12H2,1-5H3. The number of para-hydroxylation sites is 1. The van der Waals surface area contributed by atoms with Gasteiger partial charge in [0.2, 0.25) is 0 Å². The van der Waals surface area contributed by atoms with Crippen LogP contribution in [0, 0.1) is 0 Å². The Hall–Kier alpha value is -1.10. The van der Waals surface area contributed by atoms with E-state index in [-0.39, 0.29) is 6.04 Å². The summed E-state index contributed by atoms with van der Waals surface area (Å²) in [7, 11) is 3.92. The van der Waals surface area contributed by atoms with E-state index in [9.17, 15) is 5.11 Å². The van der Waals surface area contributed by atoms with Gasteiger partial charge in [-0.15, -0.1) is 0 Å². The van der Waals surface area contributed by atoms with E-state index < -0.39 is 5.60 Å². The smallest absolute Gasteiger partial charge is 0.124 e. The van der Waals surface area contributed by atoms with Crippen molar-refractivity contribution in [3.05, 3.63) is 29.8 Å². The molecule has 0 heterocycles. The van der Waals surface area contributed by atoms with Crippen molar-refractivity contribution < 1.29 is 9.84 Å². The Labute approximate surface area is 122 Å². The molecule has 0 aliphatic rings. The first-order valence-corrected chi connectivity index (χ1v) is 7.18. The molecule has 2 unspecified atom stereocenters. The summed E-state index contributed by atoms with van der Waals surface area (Å²) >= 11 is 0. The lowest BCUT2D eigenvalue weighted by atomic mass is 10.0. The number of benzene rings is 1. The van der Waals surface area contributed by atoms with Crippen LogP contribution < -0.4 is 10.1 Å². The molecule has 2 N–H and O–H groups in total. The van der Waals surface area contributed by atoms with Gasteiger partial charge in [-0.3, -0.25) is 0 Å². The van der Waals surface area contributed by atoms with Crippen LogP contribution in [0.4, 0.5) is 0 Å². The third-order valence-corrected chi connectivity index (χ3v) is 3.13. The molecule has 0 radical (unpaired) electrons. The van der Waals surface area contributed by atoms with Crippen molar-refractivity contribution >= 4 is 0 Å². The van der Waals surface area contributed by atoms with Gasteiger partial charge in [-0.1, -0.05) is 18.2 Å².